The third kappa shape index (κ3) is 4.57. The van der Waals surface area contributed by atoms with Gasteiger partial charge in [0, 0.05) is 23.6 Å². The number of aromatic nitrogens is 2. The van der Waals surface area contributed by atoms with Crippen LogP contribution >= 0.6 is 0 Å². The first-order valence-corrected chi connectivity index (χ1v) is 13.2. The molecule has 0 atom stereocenters. The van der Waals surface area contributed by atoms with E-state index < -0.39 is 21.9 Å². The maximum absolute atomic E-state index is 13.3. The van der Waals surface area contributed by atoms with Crippen LogP contribution in [0.1, 0.15) is 30.2 Å². The third-order valence-electron chi connectivity index (χ3n) is 6.16. The molecule has 6 nitrogen and oxygen atoms in total. The smallest absolute Gasteiger partial charge is 0.437 e. The van der Waals surface area contributed by atoms with Crippen molar-refractivity contribution in [2.24, 2.45) is 0 Å². The lowest BCUT2D eigenvalue weighted by Crippen LogP contribution is -2.11. The van der Waals surface area contributed by atoms with Crippen molar-refractivity contribution in [3.63, 3.8) is 0 Å². The molecule has 192 valence electrons. The van der Waals surface area contributed by atoms with Crippen molar-refractivity contribution in [2.45, 2.75) is 37.3 Å². The number of hydrogen-bond acceptors (Lipinski definition) is 5. The van der Waals surface area contributed by atoms with Crippen molar-refractivity contribution < 1.29 is 30.8 Å². The largest absolute Gasteiger partial charge is 0.493 e. The minimum absolute atomic E-state index is 0.0669. The molecular weight excluding hydrogens is 505 g/mol. The summed E-state index contributed by atoms with van der Waals surface area (Å²) in [5.74, 6) is 0.417. The van der Waals surface area contributed by atoms with E-state index in [4.69, 9.17) is 9.26 Å². The van der Waals surface area contributed by atoms with Crippen molar-refractivity contribution in [2.75, 3.05) is 6.61 Å². The number of fused-ring (bicyclic) bond motifs is 2. The van der Waals surface area contributed by atoms with Crippen molar-refractivity contribution in [1.29, 1.82) is 0 Å². The summed E-state index contributed by atoms with van der Waals surface area (Å²) in [5, 5.41) is 3.93. The molecule has 0 saturated carbocycles. The van der Waals surface area contributed by atoms with Gasteiger partial charge in [0.05, 0.1) is 22.4 Å². The van der Waals surface area contributed by atoms with Gasteiger partial charge in [-0.3, -0.25) is 0 Å². The molecule has 2 heterocycles. The number of nitrogens with zero attached hydrogens (tertiary/aromatic N) is 2. The summed E-state index contributed by atoms with van der Waals surface area (Å²) < 4.78 is 78.8. The van der Waals surface area contributed by atoms with Crippen molar-refractivity contribution in [1.82, 2.24) is 9.13 Å². The van der Waals surface area contributed by atoms with Crippen LogP contribution in [-0.4, -0.2) is 24.2 Å². The van der Waals surface area contributed by atoms with Crippen LogP contribution in [0.4, 0.5) is 13.2 Å². The zero-order valence-corrected chi connectivity index (χ0v) is 20.6. The Balaban J connectivity index is 1.44. The first-order valence-electron chi connectivity index (χ1n) is 11.7. The average molecular weight is 529 g/mol. The van der Waals surface area contributed by atoms with Gasteiger partial charge >= 0.3 is 6.18 Å². The third-order valence-corrected chi connectivity index (χ3v) is 7.85. The van der Waals surface area contributed by atoms with Crippen LogP contribution in [0, 0.1) is 0 Å². The topological polar surface area (TPSA) is 74.3 Å². The molecular formula is C27H23F3N2O4S. The Labute approximate surface area is 211 Å². The Morgan fingerprint density at radius 2 is 1.68 bits per heavy atom. The van der Waals surface area contributed by atoms with Gasteiger partial charge in [-0.15, -0.1) is 0 Å². The normalized spacial score (nSPS) is 12.4. The van der Waals surface area contributed by atoms with E-state index in [2.05, 4.69) is 5.16 Å². The van der Waals surface area contributed by atoms with E-state index in [0.717, 1.165) is 10.9 Å². The van der Waals surface area contributed by atoms with E-state index in [1.807, 2.05) is 19.1 Å². The van der Waals surface area contributed by atoms with Crippen LogP contribution in [0.3, 0.4) is 0 Å². The minimum atomic E-state index is -4.62. The number of para-hydroxylation sites is 1. The summed E-state index contributed by atoms with van der Waals surface area (Å²) in [5.41, 5.74) is 0.858. The van der Waals surface area contributed by atoms with E-state index >= 15 is 0 Å². The Kier molecular flexibility index (Phi) is 6.45. The van der Waals surface area contributed by atoms with Crippen LogP contribution in [0.25, 0.3) is 21.9 Å². The molecule has 0 unspecified atom stereocenters. The van der Waals surface area contributed by atoms with Gasteiger partial charge < -0.3 is 9.26 Å². The lowest BCUT2D eigenvalue weighted by molar-refractivity contribution is -0.141. The lowest BCUT2D eigenvalue weighted by Gasteiger charge is -2.11. The molecule has 5 aromatic rings. The van der Waals surface area contributed by atoms with Gasteiger partial charge in [0.15, 0.2) is 11.3 Å². The molecule has 5 rings (SSSR count). The highest BCUT2D eigenvalue weighted by molar-refractivity contribution is 7.90. The van der Waals surface area contributed by atoms with Crippen LogP contribution in [0.2, 0.25) is 0 Å². The fourth-order valence-electron chi connectivity index (χ4n) is 4.46. The van der Waals surface area contributed by atoms with Crippen molar-refractivity contribution in [3.8, 4) is 5.75 Å². The van der Waals surface area contributed by atoms with Gasteiger partial charge in [-0.2, -0.15) is 13.2 Å². The molecule has 10 heteroatoms. The standard InChI is InChI=1S/C27H23F3N2O4S/c1-2-8-21-24(14-13-22-25(21)36-31-26(22)27(28,29)30)35-16-15-18-17-32(23-12-7-6-11-20(18)23)37(33,34)19-9-4-3-5-10-19/h3-7,9-14,17H,2,8,15-16H2,1H3. The highest BCUT2D eigenvalue weighted by Crippen LogP contribution is 2.38. The molecule has 0 saturated heterocycles. The molecule has 0 amide bonds. The number of benzene rings is 3. The maximum atomic E-state index is 13.3. The molecule has 0 bridgehead atoms. The number of rotatable bonds is 8. The Hall–Kier alpha value is -3.79. The summed E-state index contributed by atoms with van der Waals surface area (Å²) in [7, 11) is -3.81. The summed E-state index contributed by atoms with van der Waals surface area (Å²) in [6, 6.07) is 18.2. The second kappa shape index (κ2) is 9.59. The van der Waals surface area contributed by atoms with E-state index in [9.17, 15) is 21.6 Å². The molecule has 0 aliphatic heterocycles. The highest BCUT2D eigenvalue weighted by Gasteiger charge is 2.37. The molecule has 3 aromatic carbocycles. The number of hydrogen-bond donors (Lipinski definition) is 0. The van der Waals surface area contributed by atoms with E-state index in [0.29, 0.717) is 36.1 Å². The quantitative estimate of drug-likeness (QED) is 0.227. The molecule has 0 fully saturated rings. The van der Waals surface area contributed by atoms with E-state index in [1.54, 1.807) is 48.7 Å². The molecule has 0 radical (unpaired) electrons. The fraction of sp³-hybridized carbons (Fsp3) is 0.222. The summed E-state index contributed by atoms with van der Waals surface area (Å²) in [6.45, 7) is 2.09. The summed E-state index contributed by atoms with van der Waals surface area (Å²) in [4.78, 5) is 0.182. The summed E-state index contributed by atoms with van der Waals surface area (Å²) >= 11 is 0. The van der Waals surface area contributed by atoms with Gasteiger partial charge in [0.25, 0.3) is 10.0 Å². The average Bonchev–Trinajstić information content (AvgIpc) is 3.49. The Bertz CT molecular complexity index is 1670. The van der Waals surface area contributed by atoms with Crippen LogP contribution < -0.4 is 4.74 Å². The molecule has 0 aliphatic carbocycles. The predicted octanol–water partition coefficient (Wildman–Crippen LogP) is 6.61. The molecule has 2 aromatic heterocycles. The van der Waals surface area contributed by atoms with Crippen LogP contribution in [-0.2, 0) is 29.0 Å². The zero-order chi connectivity index (χ0) is 26.2. The SMILES string of the molecule is CCCc1c(OCCc2cn(S(=O)(=O)c3ccccc3)c3ccccc23)ccc2c(C(F)(F)F)noc12. The van der Waals surface area contributed by atoms with E-state index in [-0.39, 0.29) is 22.5 Å². The molecule has 0 N–H and O–H groups in total. The fourth-order valence-corrected chi connectivity index (χ4v) is 5.87. The second-order valence-electron chi connectivity index (χ2n) is 8.58. The number of halogens is 3. The van der Waals surface area contributed by atoms with Crippen LogP contribution in [0.5, 0.6) is 5.75 Å². The first-order chi connectivity index (χ1) is 17.7. The van der Waals surface area contributed by atoms with E-state index in [1.165, 1.54) is 16.1 Å². The Morgan fingerprint density at radius 1 is 0.946 bits per heavy atom. The predicted molar refractivity (Wildman–Crippen MR) is 133 cm³/mol. The van der Waals surface area contributed by atoms with Gasteiger partial charge in [0.1, 0.15) is 5.75 Å². The molecule has 37 heavy (non-hydrogen) atoms. The van der Waals surface area contributed by atoms with Gasteiger partial charge in [-0.05, 0) is 42.3 Å². The number of alkyl halides is 3. The maximum Gasteiger partial charge on any atom is 0.437 e. The van der Waals surface area contributed by atoms with Gasteiger partial charge in [-0.1, -0.05) is 54.9 Å². The molecule has 0 aliphatic rings. The number of aryl methyl sites for hydroxylation is 1. The highest BCUT2D eigenvalue weighted by atomic mass is 32.2. The summed E-state index contributed by atoms with van der Waals surface area (Å²) in [6.07, 6.45) is -1.52. The van der Waals surface area contributed by atoms with Crippen molar-refractivity contribution in [3.05, 3.63) is 89.7 Å². The minimum Gasteiger partial charge on any atom is -0.493 e. The van der Waals surface area contributed by atoms with Crippen molar-refractivity contribution >= 4 is 31.9 Å². The molecule has 0 spiro atoms. The van der Waals surface area contributed by atoms with Gasteiger partial charge in [0.2, 0.25) is 0 Å². The van der Waals surface area contributed by atoms with Crippen LogP contribution in [0.15, 0.2) is 82.3 Å². The first kappa shape index (κ1) is 24.9. The Morgan fingerprint density at radius 3 is 2.41 bits per heavy atom. The zero-order valence-electron chi connectivity index (χ0n) is 19.8. The van der Waals surface area contributed by atoms with Gasteiger partial charge in [-0.25, -0.2) is 12.4 Å². The second-order valence-corrected chi connectivity index (χ2v) is 10.4. The monoisotopic (exact) mass is 528 g/mol. The lowest BCUT2D eigenvalue weighted by atomic mass is 10.0. The number of ether oxygens (including phenoxy) is 1.